The van der Waals surface area contributed by atoms with Gasteiger partial charge in [0.05, 0.1) is 5.56 Å². The average Bonchev–Trinajstić information content (AvgIpc) is 2.79. The van der Waals surface area contributed by atoms with Crippen LogP contribution in [0.25, 0.3) is 11.1 Å². The van der Waals surface area contributed by atoms with E-state index in [0.717, 1.165) is 38.1 Å². The molecule has 2 N–H and O–H groups in total. The molecule has 4 nitrogen and oxygen atoms in total. The molecule has 0 unspecified atom stereocenters. The highest BCUT2D eigenvalue weighted by molar-refractivity contribution is 6.09. The fourth-order valence-corrected chi connectivity index (χ4v) is 3.73. The highest BCUT2D eigenvalue weighted by Gasteiger charge is 2.32. The minimum absolute atomic E-state index is 0.0456. The molecule has 0 saturated carbocycles. The molecule has 3 aromatic carbocycles. The van der Waals surface area contributed by atoms with Crippen molar-refractivity contribution < 1.29 is 22.7 Å². The summed E-state index contributed by atoms with van der Waals surface area (Å²) < 4.78 is 45.9. The Labute approximate surface area is 184 Å². The van der Waals surface area contributed by atoms with Gasteiger partial charge in [-0.15, -0.1) is 0 Å². The lowest BCUT2D eigenvalue weighted by molar-refractivity contribution is -0.137. The summed E-state index contributed by atoms with van der Waals surface area (Å²) in [6.45, 7) is 1.78. The number of benzene rings is 3. The number of hydrogen-bond donors (Lipinski definition) is 2. The lowest BCUT2D eigenvalue weighted by Crippen LogP contribution is -2.34. The monoisotopic (exact) mass is 440 g/mol. The second-order valence-corrected chi connectivity index (χ2v) is 7.67. The third-order valence-corrected chi connectivity index (χ3v) is 5.36. The molecule has 1 fully saturated rings. The van der Waals surface area contributed by atoms with Gasteiger partial charge in [0.15, 0.2) is 0 Å². The molecule has 0 spiro atoms. The van der Waals surface area contributed by atoms with Crippen molar-refractivity contribution in [3.05, 3.63) is 83.9 Å². The van der Waals surface area contributed by atoms with Crippen LogP contribution in [0, 0.1) is 0 Å². The number of ether oxygens (including phenoxy) is 1. The van der Waals surface area contributed by atoms with Gasteiger partial charge in [-0.3, -0.25) is 4.79 Å². The van der Waals surface area contributed by atoms with E-state index in [0.29, 0.717) is 22.6 Å². The topological polar surface area (TPSA) is 50.4 Å². The Hall–Kier alpha value is -3.32. The zero-order valence-corrected chi connectivity index (χ0v) is 17.3. The maximum Gasteiger partial charge on any atom is 0.416 e. The van der Waals surface area contributed by atoms with Crippen LogP contribution in [0.1, 0.15) is 28.8 Å². The number of halogens is 3. The van der Waals surface area contributed by atoms with E-state index in [1.165, 1.54) is 6.07 Å². The molecule has 1 heterocycles. The number of amides is 1. The van der Waals surface area contributed by atoms with E-state index in [1.54, 1.807) is 54.6 Å². The first-order chi connectivity index (χ1) is 15.4. The van der Waals surface area contributed by atoms with Crippen molar-refractivity contribution in [3.63, 3.8) is 0 Å². The highest BCUT2D eigenvalue weighted by Crippen LogP contribution is 2.34. The third-order valence-electron chi connectivity index (χ3n) is 5.36. The zero-order chi connectivity index (χ0) is 22.6. The molecule has 4 rings (SSSR count). The summed E-state index contributed by atoms with van der Waals surface area (Å²) in [7, 11) is 0. The number of alkyl halides is 3. The number of rotatable bonds is 5. The van der Waals surface area contributed by atoms with Crippen LogP contribution in [0.3, 0.4) is 0 Å². The van der Waals surface area contributed by atoms with Crippen molar-refractivity contribution in [3.8, 4) is 16.9 Å². The molecule has 0 atom stereocenters. The van der Waals surface area contributed by atoms with Crippen molar-refractivity contribution in [2.45, 2.75) is 25.1 Å². The molecule has 0 aromatic heterocycles. The first kappa shape index (κ1) is 21.9. The van der Waals surface area contributed by atoms with E-state index in [-0.39, 0.29) is 11.7 Å². The standard InChI is InChI=1S/C25H23F3N2O2/c26-25(27,28)18-9-10-22(17-5-2-1-3-6-17)23(15-18)24(31)30-19-7-4-8-21(16-19)32-20-11-13-29-14-12-20/h1-10,15-16,20,29H,11-14H2,(H,30,31). The molecule has 166 valence electrons. The summed E-state index contributed by atoms with van der Waals surface area (Å²) in [5, 5.41) is 6.00. The predicted molar refractivity (Wildman–Crippen MR) is 118 cm³/mol. The molecule has 1 aliphatic heterocycles. The van der Waals surface area contributed by atoms with Crippen molar-refractivity contribution in [1.82, 2.24) is 5.32 Å². The van der Waals surface area contributed by atoms with Gasteiger partial charge in [-0.05, 0) is 61.3 Å². The normalized spacial score (nSPS) is 14.7. The minimum Gasteiger partial charge on any atom is -0.490 e. The second kappa shape index (κ2) is 9.44. The summed E-state index contributed by atoms with van der Waals surface area (Å²) in [6, 6.07) is 19.0. The van der Waals surface area contributed by atoms with E-state index >= 15 is 0 Å². The Morgan fingerprint density at radius 3 is 2.41 bits per heavy atom. The van der Waals surface area contributed by atoms with E-state index in [4.69, 9.17) is 4.74 Å². The first-order valence-electron chi connectivity index (χ1n) is 10.5. The second-order valence-electron chi connectivity index (χ2n) is 7.67. The quantitative estimate of drug-likeness (QED) is 0.531. The fraction of sp³-hybridized carbons (Fsp3) is 0.240. The van der Waals surface area contributed by atoms with Crippen LogP contribution in [0.5, 0.6) is 5.75 Å². The SMILES string of the molecule is O=C(Nc1cccc(OC2CCNCC2)c1)c1cc(C(F)(F)F)ccc1-c1ccccc1. The van der Waals surface area contributed by atoms with E-state index in [2.05, 4.69) is 10.6 Å². The molecule has 1 saturated heterocycles. The summed E-state index contributed by atoms with van der Waals surface area (Å²) in [6.07, 6.45) is -2.68. The molecule has 1 aliphatic rings. The van der Waals surface area contributed by atoms with Gasteiger partial charge < -0.3 is 15.4 Å². The molecule has 0 aliphatic carbocycles. The Bertz CT molecular complexity index is 1080. The van der Waals surface area contributed by atoms with Gasteiger partial charge in [0.25, 0.3) is 5.91 Å². The van der Waals surface area contributed by atoms with Gasteiger partial charge in [0, 0.05) is 17.3 Å². The van der Waals surface area contributed by atoms with Gasteiger partial charge in [-0.2, -0.15) is 13.2 Å². The molecule has 7 heteroatoms. The van der Waals surface area contributed by atoms with E-state index < -0.39 is 17.6 Å². The number of hydrogen-bond acceptors (Lipinski definition) is 3. The number of anilines is 1. The van der Waals surface area contributed by atoms with Crippen LogP contribution in [0.15, 0.2) is 72.8 Å². The van der Waals surface area contributed by atoms with Gasteiger partial charge in [0.1, 0.15) is 11.9 Å². The van der Waals surface area contributed by atoms with Gasteiger partial charge in [-0.1, -0.05) is 42.5 Å². The Balaban J connectivity index is 1.60. The van der Waals surface area contributed by atoms with Gasteiger partial charge in [-0.25, -0.2) is 0 Å². The maximum absolute atomic E-state index is 13.3. The Morgan fingerprint density at radius 2 is 1.69 bits per heavy atom. The smallest absolute Gasteiger partial charge is 0.416 e. The third kappa shape index (κ3) is 5.29. The number of carbonyl (C=O) groups is 1. The Kier molecular flexibility index (Phi) is 6.46. The number of piperidine rings is 1. The molecule has 32 heavy (non-hydrogen) atoms. The largest absolute Gasteiger partial charge is 0.490 e. The van der Waals surface area contributed by atoms with Crippen LogP contribution in [-0.4, -0.2) is 25.1 Å². The van der Waals surface area contributed by atoms with E-state index in [1.807, 2.05) is 0 Å². The van der Waals surface area contributed by atoms with Crippen LogP contribution >= 0.6 is 0 Å². The van der Waals surface area contributed by atoms with Crippen LogP contribution in [0.2, 0.25) is 0 Å². The van der Waals surface area contributed by atoms with Crippen molar-refractivity contribution in [1.29, 1.82) is 0 Å². The van der Waals surface area contributed by atoms with Crippen LogP contribution in [0.4, 0.5) is 18.9 Å². The van der Waals surface area contributed by atoms with Gasteiger partial charge in [0.2, 0.25) is 0 Å². The molecule has 3 aromatic rings. The average molecular weight is 440 g/mol. The van der Waals surface area contributed by atoms with Crippen molar-refractivity contribution in [2.75, 3.05) is 18.4 Å². The highest BCUT2D eigenvalue weighted by atomic mass is 19.4. The summed E-state index contributed by atoms with van der Waals surface area (Å²) in [5.41, 5.74) is 0.631. The number of nitrogens with one attached hydrogen (secondary N) is 2. The first-order valence-corrected chi connectivity index (χ1v) is 10.5. The predicted octanol–water partition coefficient (Wildman–Crippen LogP) is 5.76. The Morgan fingerprint density at radius 1 is 0.938 bits per heavy atom. The molecular weight excluding hydrogens is 417 g/mol. The van der Waals surface area contributed by atoms with E-state index in [9.17, 15) is 18.0 Å². The molecule has 1 amide bonds. The minimum atomic E-state index is -4.55. The zero-order valence-electron chi connectivity index (χ0n) is 17.3. The summed E-state index contributed by atoms with van der Waals surface area (Å²) in [4.78, 5) is 13.1. The maximum atomic E-state index is 13.3. The summed E-state index contributed by atoms with van der Waals surface area (Å²) in [5.74, 6) is -0.00371. The van der Waals surface area contributed by atoms with Crippen molar-refractivity contribution >= 4 is 11.6 Å². The lowest BCUT2D eigenvalue weighted by Gasteiger charge is -2.24. The molecule has 0 bridgehead atoms. The summed E-state index contributed by atoms with van der Waals surface area (Å²) >= 11 is 0. The van der Waals surface area contributed by atoms with Gasteiger partial charge >= 0.3 is 6.18 Å². The molecule has 0 radical (unpaired) electrons. The number of carbonyl (C=O) groups excluding carboxylic acids is 1. The fourth-order valence-electron chi connectivity index (χ4n) is 3.73. The molecular formula is C25H23F3N2O2. The van der Waals surface area contributed by atoms with Crippen molar-refractivity contribution in [2.24, 2.45) is 0 Å². The lowest BCUT2D eigenvalue weighted by atomic mass is 9.96. The van der Waals surface area contributed by atoms with Crippen LogP contribution in [-0.2, 0) is 6.18 Å². The van der Waals surface area contributed by atoms with Crippen LogP contribution < -0.4 is 15.4 Å².